The third-order valence-corrected chi connectivity index (χ3v) is 5.64. The molecule has 1 aromatic carbocycles. The quantitative estimate of drug-likeness (QED) is 0.289. The first-order chi connectivity index (χ1) is 12.4. The van der Waals surface area contributed by atoms with Gasteiger partial charge in [-0.05, 0) is 24.6 Å². The Morgan fingerprint density at radius 3 is 2.56 bits per heavy atom. The molecule has 2 N–H and O–H groups in total. The average Bonchev–Trinajstić information content (AvgIpc) is 2.94. The van der Waals surface area contributed by atoms with Crippen LogP contribution in [0.1, 0.15) is 22.8 Å². The molecule has 3 rings (SSSR count). The molecule has 3 atom stereocenters. The molecule has 134 valence electrons. The average molecular weight is 411 g/mol. The van der Waals surface area contributed by atoms with Crippen molar-refractivity contribution in [1.82, 2.24) is 10.2 Å². The number of rotatable bonds is 5. The molecular weight excluding hydrogens is 397 g/mol. The maximum Gasteiger partial charge on any atom is 1.00 e. The van der Waals surface area contributed by atoms with E-state index in [1.807, 2.05) is 0 Å². The van der Waals surface area contributed by atoms with Crippen molar-refractivity contribution in [2.75, 3.05) is 6.54 Å². The number of carboxylic acids is 1. The van der Waals surface area contributed by atoms with Crippen LogP contribution < -0.4 is 61.8 Å². The van der Waals surface area contributed by atoms with Gasteiger partial charge in [-0.15, -0.1) is 0 Å². The van der Waals surface area contributed by atoms with Crippen molar-refractivity contribution < 1.29 is 76.0 Å². The molecule has 2 heterocycles. The smallest absolute Gasteiger partial charge is 0.543 e. The van der Waals surface area contributed by atoms with E-state index < -0.39 is 35.2 Å². The van der Waals surface area contributed by atoms with Crippen LogP contribution in [0, 0.1) is 17.2 Å². The van der Waals surface area contributed by atoms with E-state index in [0.717, 1.165) is 4.90 Å². The predicted octanol–water partition coefficient (Wildman–Crippen LogP) is -3.73. The fraction of sp³-hybridized carbons (Fsp3) is 0.294. The molecule has 8 nitrogen and oxygen atoms in total. The number of carbonyl (C=O) groups is 3. The number of aliphatic hydroxyl groups excluding tert-OH is 1. The molecule has 10 heteroatoms. The van der Waals surface area contributed by atoms with Crippen LogP contribution in [0.4, 0.5) is 0 Å². The molecular formula is C17H14KN3O5S. The number of nitriles is 1. The number of hydrogen-bond acceptors (Lipinski definition) is 7. The number of aliphatic carboxylic acids is 1. The Balaban J connectivity index is 0.00000261. The maximum absolute atomic E-state index is 12.2. The first-order valence-electron chi connectivity index (χ1n) is 7.75. The van der Waals surface area contributed by atoms with E-state index in [4.69, 9.17) is 5.26 Å². The Labute approximate surface area is 202 Å². The number of hydrogen-bond donors (Lipinski definition) is 2. The second-order valence-corrected chi connectivity index (χ2v) is 6.99. The number of thioether (sulfide) groups is 1. The topological polar surface area (TPSA) is 134 Å². The number of nitrogens with one attached hydrogen (secondary N) is 1. The van der Waals surface area contributed by atoms with Crippen molar-refractivity contribution in [2.45, 2.75) is 18.4 Å². The number of carboxylic acid groups (broad SMARTS) is 1. The monoisotopic (exact) mass is 411 g/mol. The molecule has 0 bridgehead atoms. The minimum atomic E-state index is -1.47. The van der Waals surface area contributed by atoms with Crippen molar-refractivity contribution in [1.29, 1.82) is 5.26 Å². The number of fused-ring (bicyclic) bond motifs is 1. The Morgan fingerprint density at radius 2 is 2.04 bits per heavy atom. The van der Waals surface area contributed by atoms with Crippen LogP contribution in [0.3, 0.4) is 0 Å². The summed E-state index contributed by atoms with van der Waals surface area (Å²) in [6.07, 6.45) is -0.884. The van der Waals surface area contributed by atoms with E-state index in [-0.39, 0.29) is 63.6 Å². The van der Waals surface area contributed by atoms with Crippen molar-refractivity contribution in [3.05, 3.63) is 41.1 Å². The molecule has 0 unspecified atom stereocenters. The van der Waals surface area contributed by atoms with Crippen LogP contribution in [-0.2, 0) is 9.59 Å². The van der Waals surface area contributed by atoms with Gasteiger partial charge in [-0.25, -0.2) is 0 Å². The first-order valence-corrected chi connectivity index (χ1v) is 8.63. The van der Waals surface area contributed by atoms with E-state index in [0.29, 0.717) is 16.0 Å². The second kappa shape index (κ2) is 8.87. The molecule has 2 aliphatic rings. The van der Waals surface area contributed by atoms with Crippen molar-refractivity contribution in [3.8, 4) is 6.07 Å². The summed E-state index contributed by atoms with van der Waals surface area (Å²) in [7, 11) is 0. The van der Waals surface area contributed by atoms with Gasteiger partial charge in [-0.3, -0.25) is 14.5 Å². The number of benzene rings is 1. The van der Waals surface area contributed by atoms with Crippen molar-refractivity contribution >= 4 is 34.5 Å². The first kappa shape index (κ1) is 22.1. The van der Waals surface area contributed by atoms with E-state index in [9.17, 15) is 24.6 Å². The summed E-state index contributed by atoms with van der Waals surface area (Å²) in [5.41, 5.74) is 0.630. The Hall–Kier alpha value is -1.19. The summed E-state index contributed by atoms with van der Waals surface area (Å²) in [6, 6.07) is 7.96. The number of amides is 2. The van der Waals surface area contributed by atoms with Crippen molar-refractivity contribution in [3.63, 3.8) is 0 Å². The van der Waals surface area contributed by atoms with Crippen LogP contribution in [0.15, 0.2) is 30.0 Å². The molecule has 0 aromatic heterocycles. The van der Waals surface area contributed by atoms with Crippen LogP contribution >= 0.6 is 11.8 Å². The van der Waals surface area contributed by atoms with Gasteiger partial charge in [0.15, 0.2) is 0 Å². The third kappa shape index (κ3) is 4.00. The molecule has 0 spiro atoms. The van der Waals surface area contributed by atoms with Gasteiger partial charge in [0.25, 0.3) is 5.91 Å². The molecule has 1 aromatic rings. The molecule has 27 heavy (non-hydrogen) atoms. The largest absolute Gasteiger partial charge is 1.00 e. The molecule has 1 saturated heterocycles. The van der Waals surface area contributed by atoms with Gasteiger partial charge in [0, 0.05) is 10.5 Å². The van der Waals surface area contributed by atoms with E-state index >= 15 is 0 Å². The van der Waals surface area contributed by atoms with Gasteiger partial charge in [-0.2, -0.15) is 5.26 Å². The third-order valence-electron chi connectivity index (χ3n) is 4.23. The molecule has 2 aliphatic heterocycles. The van der Waals surface area contributed by atoms with Gasteiger partial charge in [-0.1, -0.05) is 23.9 Å². The number of β-lactam (4-membered cyclic amide) rings is 1. The van der Waals surface area contributed by atoms with Gasteiger partial charge in [0.1, 0.15) is 11.9 Å². The fourth-order valence-corrected chi connectivity index (χ4v) is 4.58. The van der Waals surface area contributed by atoms with Gasteiger partial charge in [0.2, 0.25) is 5.91 Å². The zero-order valence-electron chi connectivity index (χ0n) is 14.6. The number of aliphatic hydroxyl groups is 1. The van der Waals surface area contributed by atoms with Crippen LogP contribution in [0.5, 0.6) is 0 Å². The standard InChI is InChI=1S/C17H15N3O5S.K/c1-8(21)11-15(23)20-12(17(24)25)13(26-16(11)20)9-2-4-10(5-3-9)14(22)19-7-6-18;/h2-5,8,11,16,21H,7H2,1H3,(H,19,22)(H,24,25);/q;+1/p-1/t8-,11+,16-;/m1./s1. The Kier molecular flexibility index (Phi) is 7.26. The molecule has 0 radical (unpaired) electrons. The SMILES string of the molecule is C[C@@H](O)[C@H]1C(=O)N2C(C(=O)[O-])=C(c3ccc(C(=O)NCC#N)cc3)S[C@H]12.[K+]. The van der Waals surface area contributed by atoms with E-state index in [1.165, 1.54) is 30.8 Å². The summed E-state index contributed by atoms with van der Waals surface area (Å²) in [4.78, 5) is 37.0. The number of nitrogens with zero attached hydrogens (tertiary/aromatic N) is 2. The second-order valence-electron chi connectivity index (χ2n) is 5.87. The van der Waals surface area contributed by atoms with Gasteiger partial charge in [0.05, 0.1) is 29.8 Å². The summed E-state index contributed by atoms with van der Waals surface area (Å²) in [6.45, 7) is 1.38. The maximum atomic E-state index is 12.2. The summed E-state index contributed by atoms with van der Waals surface area (Å²) >= 11 is 1.18. The normalized spacial score (nSPS) is 21.5. The minimum Gasteiger partial charge on any atom is -0.543 e. The van der Waals surface area contributed by atoms with Gasteiger partial charge < -0.3 is 20.3 Å². The van der Waals surface area contributed by atoms with Crippen LogP contribution in [-0.4, -0.2) is 45.8 Å². The van der Waals surface area contributed by atoms with Gasteiger partial charge >= 0.3 is 51.4 Å². The predicted molar refractivity (Wildman–Crippen MR) is 89.7 cm³/mol. The zero-order valence-corrected chi connectivity index (χ0v) is 18.6. The Bertz CT molecular complexity index is 862. The summed E-state index contributed by atoms with van der Waals surface area (Å²) < 4.78 is 0. The summed E-state index contributed by atoms with van der Waals surface area (Å²) in [5, 5.41) is 31.7. The minimum absolute atomic E-state index is 0. The van der Waals surface area contributed by atoms with Crippen LogP contribution in [0.25, 0.3) is 4.91 Å². The molecule has 0 saturated carbocycles. The van der Waals surface area contributed by atoms with E-state index in [1.54, 1.807) is 18.2 Å². The van der Waals surface area contributed by atoms with Crippen LogP contribution in [0.2, 0.25) is 0 Å². The fourth-order valence-electron chi connectivity index (χ4n) is 2.97. The van der Waals surface area contributed by atoms with E-state index in [2.05, 4.69) is 5.32 Å². The molecule has 2 amide bonds. The molecule has 1 fully saturated rings. The Morgan fingerprint density at radius 1 is 1.41 bits per heavy atom. The van der Waals surface area contributed by atoms with Crippen molar-refractivity contribution in [2.24, 2.45) is 5.92 Å². The molecule has 0 aliphatic carbocycles. The number of carbonyl (C=O) groups excluding carboxylic acids is 3. The summed E-state index contributed by atoms with van der Waals surface area (Å²) in [5.74, 6) is -3.00. The zero-order chi connectivity index (χ0) is 19.0.